The smallest absolute Gasteiger partial charge is 0.252 e. The van der Waals surface area contributed by atoms with Crippen molar-refractivity contribution >= 4 is 17.4 Å². The van der Waals surface area contributed by atoms with Crippen molar-refractivity contribution < 1.29 is 62.8 Å². The third-order valence-corrected chi connectivity index (χ3v) is 16.2. The van der Waals surface area contributed by atoms with Gasteiger partial charge >= 0.3 is 0 Å². The molecule has 0 aromatic heterocycles. The number of fused-ring (bicyclic) bond motifs is 6. The van der Waals surface area contributed by atoms with E-state index in [-0.39, 0.29) is 86.1 Å². The van der Waals surface area contributed by atoms with Crippen molar-refractivity contribution in [2.75, 3.05) is 20.8 Å². The van der Waals surface area contributed by atoms with Crippen molar-refractivity contribution in [2.24, 2.45) is 28.7 Å². The quantitative estimate of drug-likeness (QED) is 0.274. The normalized spacial score (nSPS) is 50.7. The number of amides is 1. The van der Waals surface area contributed by atoms with E-state index in [1.54, 1.807) is 14.2 Å². The molecule has 0 aromatic carbocycles. The predicted octanol–water partition coefficient (Wildman–Crippen LogP) is 2.82. The summed E-state index contributed by atoms with van der Waals surface area (Å²) in [7, 11) is 3.25. The number of nitrogens with one attached hydrogen (secondary N) is 1. The number of ketones is 1. The molecule has 2 saturated carbocycles. The second-order valence-electron chi connectivity index (χ2n) is 20.2. The van der Waals surface area contributed by atoms with E-state index in [2.05, 4.69) is 18.8 Å². The first kappa shape index (κ1) is 42.1. The van der Waals surface area contributed by atoms with Crippen LogP contribution in [-0.4, -0.2) is 150 Å². The monoisotopic (exact) mass is 842 g/mol. The van der Waals surface area contributed by atoms with Gasteiger partial charge in [-0.05, 0) is 75.7 Å². The maximum atomic E-state index is 14.3. The fraction of sp³-hybridized carbons (Fsp3) is 0.889. The zero-order valence-corrected chi connectivity index (χ0v) is 35.4. The van der Waals surface area contributed by atoms with Crippen LogP contribution in [0.3, 0.4) is 0 Å². The molecule has 1 unspecified atom stereocenters. The van der Waals surface area contributed by atoms with Gasteiger partial charge in [-0.2, -0.15) is 0 Å². The van der Waals surface area contributed by atoms with Crippen molar-refractivity contribution in [1.29, 1.82) is 0 Å². The molecule has 0 aromatic rings. The van der Waals surface area contributed by atoms with Gasteiger partial charge in [0.25, 0.3) is 5.91 Å². The van der Waals surface area contributed by atoms with Crippen molar-refractivity contribution in [3.63, 3.8) is 0 Å². The first-order valence-corrected chi connectivity index (χ1v) is 23.0. The molecule has 19 atom stereocenters. The van der Waals surface area contributed by atoms with Crippen LogP contribution in [0.25, 0.3) is 0 Å². The summed E-state index contributed by atoms with van der Waals surface area (Å²) in [6, 6.07) is 0. The lowest BCUT2D eigenvalue weighted by Crippen LogP contribution is -2.75. The van der Waals surface area contributed by atoms with Gasteiger partial charge in [0.2, 0.25) is 5.72 Å². The number of aliphatic hydroxyl groups is 3. The van der Waals surface area contributed by atoms with Crippen LogP contribution in [0.1, 0.15) is 110 Å². The topological polar surface area (TPSA) is 193 Å². The second kappa shape index (κ2) is 16.0. The molecule has 12 bridgehead atoms. The van der Waals surface area contributed by atoms with Crippen LogP contribution in [0.5, 0.6) is 0 Å². The summed E-state index contributed by atoms with van der Waals surface area (Å²) in [5.41, 5.74) is -0.741. The van der Waals surface area contributed by atoms with Crippen LogP contribution < -0.4 is 5.32 Å². The number of hydrogen-bond acceptors (Lipinski definition) is 14. The van der Waals surface area contributed by atoms with Crippen LogP contribution >= 0.6 is 0 Å². The Balaban J connectivity index is 1.02. The third kappa shape index (κ3) is 7.56. The van der Waals surface area contributed by atoms with E-state index in [4.69, 9.17) is 42.9 Å². The SMILES string of the molecule is C=C1C[C@@H]2CC[C@@]3(O)C[C@@H](O)[C@@H]4CC5[C@H]4O[C@H]4CC[C@@H]6CC(=O)C[C@@H]7[C@@H](OC)[C@@H](C[C@@H](CNC(=O)C8(O)CC8)OC)O[C@H]7C[C@H]7O[C@@H](CC[C@@H]1O2)C[C@@H](C)/C7=N/[C@@]4(O6)[C@@H]5O3. The summed E-state index contributed by atoms with van der Waals surface area (Å²) in [5.74, 6) is -2.62. The molecule has 15 heteroatoms. The Bertz CT molecular complexity index is 1710. The molecule has 12 aliphatic rings. The minimum Gasteiger partial charge on any atom is -0.393 e. The lowest BCUT2D eigenvalue weighted by Gasteiger charge is -2.64. The summed E-state index contributed by atoms with van der Waals surface area (Å²) < 4.78 is 54.0. The Morgan fingerprint density at radius 3 is 2.48 bits per heavy atom. The van der Waals surface area contributed by atoms with Crippen molar-refractivity contribution in [2.45, 2.75) is 206 Å². The van der Waals surface area contributed by atoms with Crippen LogP contribution in [0.2, 0.25) is 0 Å². The average molecular weight is 843 g/mol. The van der Waals surface area contributed by atoms with E-state index in [1.807, 2.05) is 0 Å². The van der Waals surface area contributed by atoms with Crippen molar-refractivity contribution in [1.82, 2.24) is 5.32 Å². The Morgan fingerprint density at radius 1 is 0.900 bits per heavy atom. The number of ether oxygens (including phenoxy) is 8. The molecular weight excluding hydrogens is 776 g/mol. The lowest BCUT2D eigenvalue weighted by atomic mass is 9.60. The highest BCUT2D eigenvalue weighted by Gasteiger charge is 2.69. The maximum Gasteiger partial charge on any atom is 0.252 e. The van der Waals surface area contributed by atoms with Gasteiger partial charge in [-0.1, -0.05) is 13.5 Å². The standard InChI is InChI=1S/C45H66N2O13/c1-22-13-26-9-10-44(52)20-32(49)29-18-31-39(29)58-37-8-6-27-15-24(48)16-30-34(57-36(40(30)54-4)17-28(53-3)21-46-42(50)43(51)11-12-43)19-35-38(47-45(37,59-27)41(31)60-44)23(2)14-25(56-35)5-7-33(22)55-26/h23,25-37,39-41,49,51-52H,1,5-21H2,2-4H3,(H,46,50)/b47-38-/t23-,25+,26+,27-,28+,29+,30+,31?,32-,33+,34+,35-,36-,37+,39+,40-,41-,44+,45+/m1/s1. The molecule has 9 fully saturated rings. The summed E-state index contributed by atoms with van der Waals surface area (Å²) >= 11 is 0. The zero-order chi connectivity index (χ0) is 41.7. The molecular formula is C45H66N2O13. The Labute approximate surface area is 352 Å². The number of hydrogen-bond donors (Lipinski definition) is 4. The maximum absolute atomic E-state index is 14.3. The van der Waals surface area contributed by atoms with E-state index in [0.717, 1.165) is 30.5 Å². The molecule has 10 heterocycles. The van der Waals surface area contributed by atoms with Crippen molar-refractivity contribution in [3.05, 3.63) is 12.2 Å². The molecule has 334 valence electrons. The predicted molar refractivity (Wildman–Crippen MR) is 213 cm³/mol. The lowest BCUT2D eigenvalue weighted by molar-refractivity contribution is -0.396. The molecule has 1 spiro atoms. The van der Waals surface area contributed by atoms with E-state index in [1.165, 1.54) is 0 Å². The third-order valence-electron chi connectivity index (χ3n) is 16.2. The number of carbonyl (C=O) groups is 2. The van der Waals surface area contributed by atoms with Crippen LogP contribution in [0.4, 0.5) is 0 Å². The Hall–Kier alpha value is -1.89. The van der Waals surface area contributed by atoms with E-state index < -0.39 is 78.0 Å². The van der Waals surface area contributed by atoms with E-state index >= 15 is 0 Å². The fourth-order valence-corrected chi connectivity index (χ4v) is 12.7. The average Bonchev–Trinajstić information content (AvgIpc) is 3.73. The van der Waals surface area contributed by atoms with Crippen molar-refractivity contribution in [3.8, 4) is 0 Å². The molecule has 1 amide bonds. The highest BCUT2D eigenvalue weighted by atomic mass is 16.7. The van der Waals surface area contributed by atoms with Crippen LogP contribution in [0, 0.1) is 23.7 Å². The van der Waals surface area contributed by atoms with Gasteiger partial charge in [0.15, 0.2) is 5.79 Å². The molecule has 2 aliphatic carbocycles. The van der Waals surface area contributed by atoms with Gasteiger partial charge in [0.05, 0.1) is 67.1 Å². The summed E-state index contributed by atoms with van der Waals surface area (Å²) in [4.78, 5) is 32.7. The minimum atomic E-state index is -1.66. The largest absolute Gasteiger partial charge is 0.393 e. The van der Waals surface area contributed by atoms with Crippen LogP contribution in [-0.2, 0) is 47.5 Å². The van der Waals surface area contributed by atoms with Gasteiger partial charge in [0, 0.05) is 82.8 Å². The fourth-order valence-electron chi connectivity index (χ4n) is 12.7. The number of nitrogens with zero attached hydrogens (tertiary/aromatic N) is 1. The first-order valence-electron chi connectivity index (χ1n) is 23.0. The summed E-state index contributed by atoms with van der Waals surface area (Å²) in [5, 5.41) is 37.2. The van der Waals surface area contributed by atoms with Gasteiger partial charge < -0.3 is 58.5 Å². The number of methoxy groups -OCH3 is 2. The first-order chi connectivity index (χ1) is 28.8. The highest BCUT2D eigenvalue weighted by molar-refractivity contribution is 5.92. The Kier molecular flexibility index (Phi) is 11.2. The number of Topliss-reactive ketones (excluding diaryl/α,β-unsaturated/α-hetero) is 1. The minimum absolute atomic E-state index is 0.0107. The van der Waals surface area contributed by atoms with Crippen LogP contribution in [0.15, 0.2) is 17.1 Å². The number of aliphatic hydroxyl groups excluding tert-OH is 1. The second-order valence-corrected chi connectivity index (χ2v) is 20.2. The molecule has 15 nitrogen and oxygen atoms in total. The Morgan fingerprint density at radius 2 is 1.70 bits per heavy atom. The van der Waals surface area contributed by atoms with Gasteiger partial charge in [-0.15, -0.1) is 0 Å². The zero-order valence-electron chi connectivity index (χ0n) is 35.4. The molecule has 0 radical (unpaired) electrons. The van der Waals surface area contributed by atoms with Gasteiger partial charge in [-0.25, -0.2) is 0 Å². The molecule has 60 heavy (non-hydrogen) atoms. The van der Waals surface area contributed by atoms with E-state index in [9.17, 15) is 24.9 Å². The van der Waals surface area contributed by atoms with E-state index in [0.29, 0.717) is 57.8 Å². The van der Waals surface area contributed by atoms with Gasteiger partial charge in [0.1, 0.15) is 23.6 Å². The highest BCUT2D eigenvalue weighted by Crippen LogP contribution is 2.58. The molecule has 10 aliphatic heterocycles. The number of aliphatic imine (C=N–C) groups is 1. The molecule has 7 saturated heterocycles. The molecule has 12 rings (SSSR count). The molecule has 4 N–H and O–H groups in total. The summed E-state index contributed by atoms with van der Waals surface area (Å²) in [6.07, 6.45) is 2.55. The number of rotatable bonds is 7. The summed E-state index contributed by atoms with van der Waals surface area (Å²) in [6.45, 7) is 6.80. The van der Waals surface area contributed by atoms with Gasteiger partial charge in [-0.3, -0.25) is 14.6 Å². The number of carbonyl (C=O) groups excluding carboxylic acids is 2.